The van der Waals surface area contributed by atoms with E-state index in [2.05, 4.69) is 20.9 Å². The number of hydrogen-bond acceptors (Lipinski definition) is 3. The van der Waals surface area contributed by atoms with Crippen LogP contribution in [0.25, 0.3) is 0 Å². The van der Waals surface area contributed by atoms with E-state index in [0.717, 1.165) is 10.0 Å². The minimum atomic E-state index is 0.457. The van der Waals surface area contributed by atoms with Crippen LogP contribution in [0, 0.1) is 11.3 Å². The number of aromatic nitrogens is 1. The summed E-state index contributed by atoms with van der Waals surface area (Å²) < 4.78 is 6.52. The van der Waals surface area contributed by atoms with E-state index in [1.807, 2.05) is 30.3 Å². The van der Waals surface area contributed by atoms with Crippen LogP contribution in [0.2, 0.25) is 0 Å². The maximum Gasteiger partial charge on any atom is 0.213 e. The predicted octanol–water partition coefficient (Wildman–Crippen LogP) is 3.29. The Morgan fingerprint density at radius 1 is 1.29 bits per heavy atom. The van der Waals surface area contributed by atoms with Gasteiger partial charge in [0.1, 0.15) is 12.7 Å². The first kappa shape index (κ1) is 11.6. The summed E-state index contributed by atoms with van der Waals surface area (Å²) >= 11 is 3.40. The minimum Gasteiger partial charge on any atom is -0.473 e. The number of rotatable bonds is 3. The van der Waals surface area contributed by atoms with Gasteiger partial charge in [-0.3, -0.25) is 0 Å². The van der Waals surface area contributed by atoms with Crippen LogP contribution in [0.1, 0.15) is 11.1 Å². The molecule has 0 aliphatic rings. The molecule has 0 spiro atoms. The van der Waals surface area contributed by atoms with Crippen molar-refractivity contribution in [3.05, 3.63) is 58.2 Å². The van der Waals surface area contributed by atoms with Crippen molar-refractivity contribution < 1.29 is 4.74 Å². The molecule has 1 heterocycles. The highest BCUT2D eigenvalue weighted by molar-refractivity contribution is 9.10. The highest BCUT2D eigenvalue weighted by Crippen LogP contribution is 2.14. The van der Waals surface area contributed by atoms with E-state index in [9.17, 15) is 0 Å². The topological polar surface area (TPSA) is 45.9 Å². The summed E-state index contributed by atoms with van der Waals surface area (Å²) in [6.45, 7) is 0.457. The summed E-state index contributed by atoms with van der Waals surface area (Å²) in [4.78, 5) is 4.03. The number of nitrogens with zero attached hydrogens (tertiary/aromatic N) is 2. The molecule has 0 amide bonds. The second-order valence-corrected chi connectivity index (χ2v) is 4.33. The van der Waals surface area contributed by atoms with Gasteiger partial charge in [-0.1, -0.05) is 28.1 Å². The number of pyridine rings is 1. The molecule has 0 aliphatic carbocycles. The van der Waals surface area contributed by atoms with E-state index in [4.69, 9.17) is 10.00 Å². The fourth-order valence-corrected chi connectivity index (χ4v) is 1.76. The summed E-state index contributed by atoms with van der Waals surface area (Å²) in [6, 6.07) is 13.3. The Morgan fingerprint density at radius 2 is 2.18 bits per heavy atom. The summed E-state index contributed by atoms with van der Waals surface area (Å²) in [5.74, 6) is 0.518. The van der Waals surface area contributed by atoms with Crippen molar-refractivity contribution >= 4 is 15.9 Å². The van der Waals surface area contributed by atoms with Gasteiger partial charge in [0.2, 0.25) is 5.88 Å². The predicted molar refractivity (Wildman–Crippen MR) is 67.4 cm³/mol. The third-order valence-electron chi connectivity index (χ3n) is 2.14. The van der Waals surface area contributed by atoms with Crippen molar-refractivity contribution in [3.63, 3.8) is 0 Å². The third kappa shape index (κ3) is 3.30. The molecule has 2 rings (SSSR count). The first-order valence-electron chi connectivity index (χ1n) is 5.01. The average Bonchev–Trinajstić information content (AvgIpc) is 2.37. The lowest BCUT2D eigenvalue weighted by molar-refractivity contribution is 0.294. The Hall–Kier alpha value is -1.86. The molecule has 0 saturated carbocycles. The molecule has 4 heteroatoms. The third-order valence-corrected chi connectivity index (χ3v) is 2.63. The summed E-state index contributed by atoms with van der Waals surface area (Å²) in [5, 5.41) is 8.63. The molecule has 17 heavy (non-hydrogen) atoms. The van der Waals surface area contributed by atoms with Crippen LogP contribution >= 0.6 is 15.9 Å². The molecule has 0 bridgehead atoms. The Kier molecular flexibility index (Phi) is 3.73. The summed E-state index contributed by atoms with van der Waals surface area (Å²) in [6.07, 6.45) is 1.50. The van der Waals surface area contributed by atoms with Gasteiger partial charge in [-0.2, -0.15) is 5.26 Å². The van der Waals surface area contributed by atoms with Gasteiger partial charge in [0.25, 0.3) is 0 Å². The molecule has 0 saturated heterocycles. The van der Waals surface area contributed by atoms with Gasteiger partial charge in [-0.25, -0.2) is 4.98 Å². The van der Waals surface area contributed by atoms with Gasteiger partial charge in [0.15, 0.2) is 0 Å². The number of halogens is 1. The summed E-state index contributed by atoms with van der Waals surface area (Å²) in [7, 11) is 0. The van der Waals surface area contributed by atoms with Crippen LogP contribution < -0.4 is 4.74 Å². The van der Waals surface area contributed by atoms with E-state index < -0.39 is 0 Å². The number of nitriles is 1. The molecular weight excluding hydrogens is 280 g/mol. The van der Waals surface area contributed by atoms with Gasteiger partial charge in [-0.15, -0.1) is 0 Å². The van der Waals surface area contributed by atoms with Crippen LogP contribution in [0.15, 0.2) is 47.1 Å². The van der Waals surface area contributed by atoms with Crippen LogP contribution in [0.4, 0.5) is 0 Å². The minimum absolute atomic E-state index is 0.457. The van der Waals surface area contributed by atoms with E-state index >= 15 is 0 Å². The van der Waals surface area contributed by atoms with Gasteiger partial charge in [0.05, 0.1) is 5.56 Å². The number of benzene rings is 1. The molecule has 3 nitrogen and oxygen atoms in total. The standard InChI is InChI=1S/C13H9BrN2O/c14-12-3-1-2-10(6-12)9-17-13-5-4-11(7-15)8-16-13/h1-6,8H,9H2. The van der Waals surface area contributed by atoms with E-state index in [1.165, 1.54) is 6.20 Å². The molecule has 0 unspecified atom stereocenters. The Morgan fingerprint density at radius 3 is 2.82 bits per heavy atom. The highest BCUT2D eigenvalue weighted by Gasteiger charge is 1.98. The number of hydrogen-bond donors (Lipinski definition) is 0. The molecule has 0 atom stereocenters. The molecule has 1 aromatic carbocycles. The van der Waals surface area contributed by atoms with E-state index in [-0.39, 0.29) is 0 Å². The molecular formula is C13H9BrN2O. The Bertz CT molecular complexity index is 546. The smallest absolute Gasteiger partial charge is 0.213 e. The van der Waals surface area contributed by atoms with Crippen LogP contribution in [-0.2, 0) is 6.61 Å². The molecule has 84 valence electrons. The fraction of sp³-hybridized carbons (Fsp3) is 0.0769. The van der Waals surface area contributed by atoms with Gasteiger partial charge >= 0.3 is 0 Å². The zero-order chi connectivity index (χ0) is 12.1. The van der Waals surface area contributed by atoms with Crippen molar-refractivity contribution in [2.75, 3.05) is 0 Å². The molecule has 0 N–H and O–H groups in total. The van der Waals surface area contributed by atoms with Crippen molar-refractivity contribution in [3.8, 4) is 11.9 Å². The quantitative estimate of drug-likeness (QED) is 0.871. The maximum atomic E-state index is 8.63. The molecule has 0 fully saturated rings. The second kappa shape index (κ2) is 5.46. The molecule has 0 radical (unpaired) electrons. The lowest BCUT2D eigenvalue weighted by Crippen LogP contribution is -1.97. The number of ether oxygens (including phenoxy) is 1. The SMILES string of the molecule is N#Cc1ccc(OCc2cccc(Br)c2)nc1. The zero-order valence-corrected chi connectivity index (χ0v) is 10.5. The first-order valence-corrected chi connectivity index (χ1v) is 5.80. The molecule has 2 aromatic rings. The summed E-state index contributed by atoms with van der Waals surface area (Å²) in [5.41, 5.74) is 1.59. The Balaban J connectivity index is 2.00. The van der Waals surface area contributed by atoms with Gasteiger partial charge in [-0.05, 0) is 23.8 Å². The van der Waals surface area contributed by atoms with Crippen molar-refractivity contribution in [2.45, 2.75) is 6.61 Å². The van der Waals surface area contributed by atoms with Crippen LogP contribution in [-0.4, -0.2) is 4.98 Å². The zero-order valence-electron chi connectivity index (χ0n) is 8.93. The van der Waals surface area contributed by atoms with Gasteiger partial charge < -0.3 is 4.74 Å². The monoisotopic (exact) mass is 288 g/mol. The van der Waals surface area contributed by atoms with Crippen LogP contribution in [0.5, 0.6) is 5.88 Å². The van der Waals surface area contributed by atoms with Crippen LogP contribution in [0.3, 0.4) is 0 Å². The van der Waals surface area contributed by atoms with Crippen molar-refractivity contribution in [2.24, 2.45) is 0 Å². The van der Waals surface area contributed by atoms with Gasteiger partial charge in [0, 0.05) is 16.7 Å². The van der Waals surface area contributed by atoms with Crippen molar-refractivity contribution in [1.82, 2.24) is 4.98 Å². The molecule has 1 aromatic heterocycles. The lowest BCUT2D eigenvalue weighted by atomic mass is 10.2. The average molecular weight is 289 g/mol. The molecule has 0 aliphatic heterocycles. The largest absolute Gasteiger partial charge is 0.473 e. The highest BCUT2D eigenvalue weighted by atomic mass is 79.9. The normalized spacial score (nSPS) is 9.65. The fourth-order valence-electron chi connectivity index (χ4n) is 1.32. The lowest BCUT2D eigenvalue weighted by Gasteiger charge is -2.05. The maximum absolute atomic E-state index is 8.63. The van der Waals surface area contributed by atoms with E-state index in [0.29, 0.717) is 18.1 Å². The second-order valence-electron chi connectivity index (χ2n) is 3.42. The Labute approximate surface area is 108 Å². The first-order chi connectivity index (χ1) is 8.28. The van der Waals surface area contributed by atoms with E-state index in [1.54, 1.807) is 12.1 Å². The van der Waals surface area contributed by atoms with Crippen molar-refractivity contribution in [1.29, 1.82) is 5.26 Å².